The van der Waals surface area contributed by atoms with Crippen LogP contribution < -0.4 is 20.2 Å². The van der Waals surface area contributed by atoms with Gasteiger partial charge in [0.25, 0.3) is 11.8 Å². The topological polar surface area (TPSA) is 89.0 Å². The normalized spacial score (nSPS) is 12.6. The molecule has 3 aromatic rings. The predicted octanol–water partition coefficient (Wildman–Crippen LogP) is 5.80. The van der Waals surface area contributed by atoms with Crippen molar-refractivity contribution < 1.29 is 19.1 Å². The van der Waals surface area contributed by atoms with Gasteiger partial charge >= 0.3 is 0 Å². The number of nitrogens with one attached hydrogen (secondary N) is 2. The lowest BCUT2D eigenvalue weighted by atomic mass is 10.1. The molecular weight excluding hydrogens is 581 g/mol. The van der Waals surface area contributed by atoms with E-state index in [9.17, 15) is 9.59 Å². The molecule has 0 spiro atoms. The van der Waals surface area contributed by atoms with Gasteiger partial charge in [-0.15, -0.1) is 0 Å². The minimum atomic E-state index is -0.922. The molecule has 0 aromatic heterocycles. The Morgan fingerprint density at radius 2 is 1.76 bits per heavy atom. The van der Waals surface area contributed by atoms with Gasteiger partial charge in [0.05, 0.1) is 22.3 Å². The van der Waals surface area contributed by atoms with Crippen LogP contribution >= 0.6 is 39.1 Å². The molecule has 37 heavy (non-hydrogen) atoms. The molecule has 0 radical (unpaired) electrons. The highest BCUT2D eigenvalue weighted by molar-refractivity contribution is 9.10. The van der Waals surface area contributed by atoms with Gasteiger partial charge in [-0.3, -0.25) is 9.59 Å². The summed E-state index contributed by atoms with van der Waals surface area (Å²) in [5, 5.41) is 7.54. The van der Waals surface area contributed by atoms with Gasteiger partial charge in [-0.05, 0) is 77.3 Å². The van der Waals surface area contributed by atoms with Crippen LogP contribution in [0.25, 0.3) is 0 Å². The Kier molecular flexibility index (Phi) is 10.8. The molecule has 0 unspecified atom stereocenters. The summed E-state index contributed by atoms with van der Waals surface area (Å²) >= 11 is 15.5. The summed E-state index contributed by atoms with van der Waals surface area (Å²) < 4.78 is 12.0. The van der Waals surface area contributed by atoms with Gasteiger partial charge in [-0.25, -0.2) is 5.43 Å². The molecule has 0 aliphatic heterocycles. The highest BCUT2D eigenvalue weighted by Crippen LogP contribution is 2.28. The highest BCUT2D eigenvalue weighted by atomic mass is 79.9. The first-order chi connectivity index (χ1) is 17.8. The molecule has 3 rings (SSSR count). The van der Waals surface area contributed by atoms with Crippen molar-refractivity contribution in [2.24, 2.45) is 5.10 Å². The second kappa shape index (κ2) is 14.0. The lowest BCUT2D eigenvalue weighted by molar-refractivity contribution is -0.132. The maximum atomic E-state index is 13.0. The SMILES string of the molecule is CCOc1ccc(/C=N\NC(=O)[C@@H](Cc2ccccc2)NC(=O)[C@@H](C)Oc2ccc(Cl)cc2Cl)cc1Br. The van der Waals surface area contributed by atoms with Crippen LogP contribution in [0.5, 0.6) is 11.5 Å². The van der Waals surface area contributed by atoms with Crippen LogP contribution in [0.1, 0.15) is 25.0 Å². The molecule has 7 nitrogen and oxygen atoms in total. The van der Waals surface area contributed by atoms with Crippen LogP contribution in [0.4, 0.5) is 0 Å². The standard InChI is InChI=1S/C27H26BrCl2N3O4/c1-3-36-24-11-9-19(13-21(24)28)16-31-33-27(35)23(14-18-7-5-4-6-8-18)32-26(34)17(2)37-25-12-10-20(29)15-22(25)30/h4-13,15-17,23H,3,14H2,1-2H3,(H,32,34)(H,33,35)/b31-16-/t17-,23-/m1/s1. The van der Waals surface area contributed by atoms with Crippen LogP contribution in [-0.4, -0.2) is 36.8 Å². The summed E-state index contributed by atoms with van der Waals surface area (Å²) in [6.07, 6.45) is 0.847. The molecule has 0 bridgehead atoms. The number of carbonyl (C=O) groups is 2. The fraction of sp³-hybridized carbons (Fsp3) is 0.222. The molecule has 0 saturated heterocycles. The number of hydrazone groups is 1. The van der Waals surface area contributed by atoms with Crippen molar-refractivity contribution in [1.82, 2.24) is 10.7 Å². The van der Waals surface area contributed by atoms with Gasteiger partial charge in [0, 0.05) is 11.4 Å². The Morgan fingerprint density at radius 1 is 1.03 bits per heavy atom. The third-order valence-corrected chi connectivity index (χ3v) is 6.28. The number of ether oxygens (including phenoxy) is 2. The molecule has 0 aliphatic rings. The number of hydrogen-bond donors (Lipinski definition) is 2. The maximum absolute atomic E-state index is 13.0. The number of carbonyl (C=O) groups excluding carboxylic acids is 2. The second-order valence-electron chi connectivity index (χ2n) is 7.94. The van der Waals surface area contributed by atoms with Crippen molar-refractivity contribution in [1.29, 1.82) is 0 Å². The Bertz CT molecular complexity index is 1260. The number of hydrogen-bond acceptors (Lipinski definition) is 5. The highest BCUT2D eigenvalue weighted by Gasteiger charge is 2.25. The third-order valence-electron chi connectivity index (χ3n) is 5.13. The lowest BCUT2D eigenvalue weighted by Crippen LogP contribution is -2.50. The van der Waals surface area contributed by atoms with E-state index >= 15 is 0 Å². The van der Waals surface area contributed by atoms with E-state index in [4.69, 9.17) is 32.7 Å². The van der Waals surface area contributed by atoms with E-state index in [1.54, 1.807) is 19.1 Å². The van der Waals surface area contributed by atoms with E-state index in [0.717, 1.165) is 15.6 Å². The number of rotatable bonds is 11. The first-order valence-electron chi connectivity index (χ1n) is 11.5. The summed E-state index contributed by atoms with van der Waals surface area (Å²) in [7, 11) is 0. The minimum absolute atomic E-state index is 0.261. The van der Waals surface area contributed by atoms with E-state index in [1.807, 2.05) is 55.5 Å². The minimum Gasteiger partial charge on any atom is -0.493 e. The molecule has 0 fully saturated rings. The fourth-order valence-electron chi connectivity index (χ4n) is 3.28. The number of halogens is 3. The van der Waals surface area contributed by atoms with Crippen molar-refractivity contribution in [3.05, 3.63) is 92.4 Å². The molecule has 0 saturated carbocycles. The molecule has 194 valence electrons. The number of nitrogens with zero attached hydrogens (tertiary/aromatic N) is 1. The predicted molar refractivity (Wildman–Crippen MR) is 150 cm³/mol. The van der Waals surface area contributed by atoms with Gasteiger partial charge in [-0.2, -0.15) is 5.10 Å². The van der Waals surface area contributed by atoms with Gasteiger partial charge in [0.2, 0.25) is 0 Å². The second-order valence-corrected chi connectivity index (χ2v) is 9.64. The quantitative estimate of drug-likeness (QED) is 0.213. The molecule has 10 heteroatoms. The van der Waals surface area contributed by atoms with Gasteiger partial charge in [0.15, 0.2) is 6.10 Å². The van der Waals surface area contributed by atoms with E-state index < -0.39 is 24.0 Å². The molecule has 2 atom stereocenters. The van der Waals surface area contributed by atoms with Crippen molar-refractivity contribution in [3.63, 3.8) is 0 Å². The lowest BCUT2D eigenvalue weighted by Gasteiger charge is -2.21. The van der Waals surface area contributed by atoms with Crippen LogP contribution in [0.15, 0.2) is 76.3 Å². The molecule has 3 aromatic carbocycles. The third kappa shape index (κ3) is 8.77. The monoisotopic (exact) mass is 605 g/mol. The average molecular weight is 607 g/mol. The molecule has 2 N–H and O–H groups in total. The molecule has 0 aliphatic carbocycles. The summed E-state index contributed by atoms with van der Waals surface area (Å²) in [6, 6.07) is 18.6. The Morgan fingerprint density at radius 3 is 2.43 bits per heavy atom. The number of benzene rings is 3. The van der Waals surface area contributed by atoms with E-state index in [2.05, 4.69) is 31.8 Å². The molecular formula is C27H26BrCl2N3O4. The van der Waals surface area contributed by atoms with Crippen LogP contribution in [0.3, 0.4) is 0 Å². The smallest absolute Gasteiger partial charge is 0.262 e. The Labute approximate surface area is 234 Å². The van der Waals surface area contributed by atoms with Crippen molar-refractivity contribution in [2.45, 2.75) is 32.4 Å². The zero-order valence-electron chi connectivity index (χ0n) is 20.2. The van der Waals surface area contributed by atoms with E-state index in [1.165, 1.54) is 12.3 Å². The zero-order chi connectivity index (χ0) is 26.8. The van der Waals surface area contributed by atoms with E-state index in [-0.39, 0.29) is 11.4 Å². The Hall–Kier alpha value is -3.07. The van der Waals surface area contributed by atoms with Gasteiger partial charge in [0.1, 0.15) is 17.5 Å². The average Bonchev–Trinajstić information content (AvgIpc) is 2.87. The first kappa shape index (κ1) is 28.5. The summed E-state index contributed by atoms with van der Waals surface area (Å²) in [5.41, 5.74) is 4.14. The molecule has 2 amide bonds. The summed E-state index contributed by atoms with van der Waals surface area (Å²) in [6.45, 7) is 4.02. The maximum Gasteiger partial charge on any atom is 0.262 e. The Balaban J connectivity index is 1.68. The molecule has 0 heterocycles. The van der Waals surface area contributed by atoms with Gasteiger partial charge in [-0.1, -0.05) is 53.5 Å². The zero-order valence-corrected chi connectivity index (χ0v) is 23.3. The van der Waals surface area contributed by atoms with Crippen LogP contribution in [-0.2, 0) is 16.0 Å². The van der Waals surface area contributed by atoms with Crippen molar-refractivity contribution in [2.75, 3.05) is 6.61 Å². The van der Waals surface area contributed by atoms with Crippen molar-refractivity contribution >= 4 is 57.2 Å². The first-order valence-corrected chi connectivity index (χ1v) is 13.0. The van der Waals surface area contributed by atoms with E-state index in [0.29, 0.717) is 23.1 Å². The van der Waals surface area contributed by atoms with Crippen LogP contribution in [0.2, 0.25) is 10.0 Å². The largest absolute Gasteiger partial charge is 0.493 e. The summed E-state index contributed by atoms with van der Waals surface area (Å²) in [4.78, 5) is 25.9. The number of amides is 2. The van der Waals surface area contributed by atoms with Crippen LogP contribution in [0, 0.1) is 0 Å². The van der Waals surface area contributed by atoms with Gasteiger partial charge < -0.3 is 14.8 Å². The summed E-state index contributed by atoms with van der Waals surface area (Å²) in [5.74, 6) is 0.0612. The fourth-order valence-corrected chi connectivity index (χ4v) is 4.25. The van der Waals surface area contributed by atoms with Crippen molar-refractivity contribution in [3.8, 4) is 11.5 Å².